The quantitative estimate of drug-likeness (QED) is 0.948. The summed E-state index contributed by atoms with van der Waals surface area (Å²) in [5.74, 6) is 0.185. The summed E-state index contributed by atoms with van der Waals surface area (Å²) in [6, 6.07) is 8.15. The first-order valence-electron chi connectivity index (χ1n) is 7.10. The van der Waals surface area contributed by atoms with Crippen molar-refractivity contribution in [1.82, 2.24) is 9.88 Å². The molecule has 1 saturated heterocycles. The van der Waals surface area contributed by atoms with Gasteiger partial charge in [-0.2, -0.15) is 0 Å². The zero-order chi connectivity index (χ0) is 14.8. The van der Waals surface area contributed by atoms with Crippen molar-refractivity contribution < 1.29 is 9.90 Å². The van der Waals surface area contributed by atoms with Crippen LogP contribution in [0.15, 0.2) is 29.6 Å². The molecule has 0 spiro atoms. The zero-order valence-corrected chi connectivity index (χ0v) is 12.8. The van der Waals surface area contributed by atoms with Gasteiger partial charge >= 0.3 is 0 Å². The number of aryl methyl sites for hydroxylation is 1. The number of benzene rings is 1. The smallest absolute Gasteiger partial charge is 0.273 e. The van der Waals surface area contributed by atoms with Gasteiger partial charge in [-0.05, 0) is 13.3 Å². The molecule has 0 bridgehead atoms. The molecule has 1 aliphatic heterocycles. The maximum Gasteiger partial charge on any atom is 0.273 e. The molecular weight excluding hydrogens is 284 g/mol. The minimum atomic E-state index is -0.0273. The molecule has 1 amide bonds. The normalized spacial score (nSPS) is 18.2. The van der Waals surface area contributed by atoms with E-state index in [0.717, 1.165) is 17.0 Å². The van der Waals surface area contributed by atoms with Crippen LogP contribution in [-0.4, -0.2) is 40.6 Å². The number of nitrogens with zero attached hydrogens (tertiary/aromatic N) is 2. The monoisotopic (exact) mass is 302 g/mol. The van der Waals surface area contributed by atoms with Crippen molar-refractivity contribution in [3.63, 3.8) is 0 Å². The van der Waals surface area contributed by atoms with E-state index in [9.17, 15) is 4.79 Å². The van der Waals surface area contributed by atoms with E-state index < -0.39 is 0 Å². The maximum absolute atomic E-state index is 12.4. The number of carbonyl (C=O) groups is 1. The molecule has 110 valence electrons. The van der Waals surface area contributed by atoms with Gasteiger partial charge in [0.15, 0.2) is 0 Å². The SMILES string of the molecule is Cc1ccc(-c2nc(C(=O)N3CCC(CO)C3)cs2)cc1. The fourth-order valence-corrected chi connectivity index (χ4v) is 3.33. The predicted molar refractivity (Wildman–Crippen MR) is 83.4 cm³/mol. The first-order valence-corrected chi connectivity index (χ1v) is 7.98. The molecule has 4 nitrogen and oxygen atoms in total. The third-order valence-corrected chi connectivity index (χ3v) is 4.74. The van der Waals surface area contributed by atoms with Gasteiger partial charge in [-0.3, -0.25) is 4.79 Å². The minimum absolute atomic E-state index is 0.0273. The Balaban J connectivity index is 1.75. The number of aliphatic hydroxyl groups is 1. The van der Waals surface area contributed by atoms with Gasteiger partial charge in [0.25, 0.3) is 5.91 Å². The van der Waals surface area contributed by atoms with Gasteiger partial charge in [0.2, 0.25) is 0 Å². The van der Waals surface area contributed by atoms with E-state index in [1.54, 1.807) is 4.90 Å². The van der Waals surface area contributed by atoms with E-state index in [1.807, 2.05) is 36.6 Å². The number of amides is 1. The van der Waals surface area contributed by atoms with Crippen LogP contribution in [-0.2, 0) is 0 Å². The highest BCUT2D eigenvalue weighted by molar-refractivity contribution is 7.13. The molecule has 3 rings (SSSR count). The summed E-state index contributed by atoms with van der Waals surface area (Å²) in [6.07, 6.45) is 0.872. The summed E-state index contributed by atoms with van der Waals surface area (Å²) in [6.45, 7) is 3.54. The summed E-state index contributed by atoms with van der Waals surface area (Å²) < 4.78 is 0. The highest BCUT2D eigenvalue weighted by Crippen LogP contribution is 2.25. The van der Waals surface area contributed by atoms with Gasteiger partial charge in [0, 0.05) is 36.6 Å². The lowest BCUT2D eigenvalue weighted by Gasteiger charge is -2.14. The maximum atomic E-state index is 12.4. The number of hydrogen-bond donors (Lipinski definition) is 1. The van der Waals surface area contributed by atoms with Crippen molar-refractivity contribution >= 4 is 17.2 Å². The van der Waals surface area contributed by atoms with Crippen molar-refractivity contribution in [1.29, 1.82) is 0 Å². The molecule has 2 aromatic rings. The molecule has 0 aliphatic carbocycles. The lowest BCUT2D eigenvalue weighted by molar-refractivity contribution is 0.0777. The summed E-state index contributed by atoms with van der Waals surface area (Å²) in [4.78, 5) is 18.7. The van der Waals surface area contributed by atoms with Crippen LogP contribution in [0.1, 0.15) is 22.5 Å². The van der Waals surface area contributed by atoms with Crippen molar-refractivity contribution in [3.8, 4) is 10.6 Å². The Hall–Kier alpha value is -1.72. The summed E-state index contributed by atoms with van der Waals surface area (Å²) in [7, 11) is 0. The van der Waals surface area contributed by atoms with Gasteiger partial charge in [0.1, 0.15) is 10.7 Å². The first-order chi connectivity index (χ1) is 10.2. The van der Waals surface area contributed by atoms with Crippen LogP contribution in [0.5, 0.6) is 0 Å². The van der Waals surface area contributed by atoms with E-state index >= 15 is 0 Å². The van der Waals surface area contributed by atoms with Crippen LogP contribution in [0, 0.1) is 12.8 Å². The third-order valence-electron chi connectivity index (χ3n) is 3.85. The molecule has 1 aliphatic rings. The molecule has 2 heterocycles. The Labute approximate surface area is 128 Å². The third kappa shape index (κ3) is 2.99. The molecule has 0 radical (unpaired) electrons. The zero-order valence-electron chi connectivity index (χ0n) is 12.0. The predicted octanol–water partition coefficient (Wildman–Crippen LogP) is 2.57. The summed E-state index contributed by atoms with van der Waals surface area (Å²) >= 11 is 1.49. The van der Waals surface area contributed by atoms with Crippen LogP contribution in [0.4, 0.5) is 0 Å². The first kappa shape index (κ1) is 14.2. The Morgan fingerprint density at radius 2 is 2.19 bits per heavy atom. The highest BCUT2D eigenvalue weighted by Gasteiger charge is 2.27. The van der Waals surface area contributed by atoms with Crippen LogP contribution >= 0.6 is 11.3 Å². The Morgan fingerprint density at radius 1 is 1.43 bits per heavy atom. The molecule has 21 heavy (non-hydrogen) atoms. The van der Waals surface area contributed by atoms with Gasteiger partial charge in [0.05, 0.1) is 0 Å². The molecule has 1 unspecified atom stereocenters. The molecule has 0 saturated carbocycles. The number of carbonyl (C=O) groups excluding carboxylic acids is 1. The average molecular weight is 302 g/mol. The standard InChI is InChI=1S/C16H18N2O2S/c1-11-2-4-13(5-3-11)15-17-14(10-21-15)16(20)18-7-6-12(8-18)9-19/h2-5,10,12,19H,6-9H2,1H3. The van der Waals surface area contributed by atoms with Crippen molar-refractivity contribution in [2.75, 3.05) is 19.7 Å². The van der Waals surface area contributed by atoms with Gasteiger partial charge in [-0.1, -0.05) is 29.8 Å². The van der Waals surface area contributed by atoms with Gasteiger partial charge in [-0.15, -0.1) is 11.3 Å². The number of aliphatic hydroxyl groups excluding tert-OH is 1. The van der Waals surface area contributed by atoms with Crippen molar-refractivity contribution in [2.45, 2.75) is 13.3 Å². The molecular formula is C16H18N2O2S. The second kappa shape index (κ2) is 5.95. The van der Waals surface area contributed by atoms with E-state index in [0.29, 0.717) is 18.8 Å². The summed E-state index contributed by atoms with van der Waals surface area (Å²) in [5.41, 5.74) is 2.76. The van der Waals surface area contributed by atoms with Gasteiger partial charge < -0.3 is 10.0 Å². The van der Waals surface area contributed by atoms with E-state index in [4.69, 9.17) is 5.11 Å². The fraction of sp³-hybridized carbons (Fsp3) is 0.375. The molecule has 5 heteroatoms. The van der Waals surface area contributed by atoms with Crippen LogP contribution < -0.4 is 0 Å². The number of likely N-dealkylation sites (tertiary alicyclic amines) is 1. The minimum Gasteiger partial charge on any atom is -0.396 e. The molecule has 1 atom stereocenters. The Bertz CT molecular complexity index is 636. The molecule has 1 fully saturated rings. The topological polar surface area (TPSA) is 53.4 Å². The molecule has 1 aromatic heterocycles. The Morgan fingerprint density at radius 3 is 2.86 bits per heavy atom. The lowest BCUT2D eigenvalue weighted by Crippen LogP contribution is -2.29. The largest absolute Gasteiger partial charge is 0.396 e. The fourth-order valence-electron chi connectivity index (χ4n) is 2.53. The van der Waals surface area contributed by atoms with Crippen LogP contribution in [0.25, 0.3) is 10.6 Å². The highest BCUT2D eigenvalue weighted by atomic mass is 32.1. The second-order valence-electron chi connectivity index (χ2n) is 5.49. The second-order valence-corrected chi connectivity index (χ2v) is 6.35. The van der Waals surface area contributed by atoms with E-state index in [2.05, 4.69) is 4.98 Å². The lowest BCUT2D eigenvalue weighted by atomic mass is 10.1. The van der Waals surface area contributed by atoms with E-state index in [-0.39, 0.29) is 18.4 Å². The van der Waals surface area contributed by atoms with Crippen LogP contribution in [0.3, 0.4) is 0 Å². The molecule has 1 N–H and O–H groups in total. The number of rotatable bonds is 3. The van der Waals surface area contributed by atoms with Crippen molar-refractivity contribution in [3.05, 3.63) is 40.9 Å². The average Bonchev–Trinajstić information content (AvgIpc) is 3.16. The molecule has 1 aromatic carbocycles. The Kier molecular flexibility index (Phi) is 4.03. The number of thiazole rings is 1. The van der Waals surface area contributed by atoms with Crippen LogP contribution in [0.2, 0.25) is 0 Å². The number of hydrogen-bond acceptors (Lipinski definition) is 4. The summed E-state index contributed by atoms with van der Waals surface area (Å²) in [5, 5.41) is 11.9. The van der Waals surface area contributed by atoms with Crippen molar-refractivity contribution in [2.24, 2.45) is 5.92 Å². The van der Waals surface area contributed by atoms with E-state index in [1.165, 1.54) is 16.9 Å². The van der Waals surface area contributed by atoms with Gasteiger partial charge in [-0.25, -0.2) is 4.98 Å². The number of aromatic nitrogens is 1.